The van der Waals surface area contributed by atoms with Crippen molar-refractivity contribution in [2.45, 2.75) is 99.5 Å². The number of hydrogen-bond acceptors (Lipinski definition) is 1. The minimum atomic E-state index is -7.03. The highest BCUT2D eigenvalue weighted by Crippen LogP contribution is 2.62. The molecule has 0 aromatic heterocycles. The maximum atomic E-state index is 14.5. The standard InChI is InChI=1S/C17H20F16NO3P/c1-7-3-4-8(5-12(22,23)16(30,31)14(26,27)9(18)19)11(2,34(7)38(35,36)37)6-13(24,25)17(32,33)15(28,29)10(20)21/h7-10H,3-6H2,1-2H3,(H2,35,36,37). The van der Waals surface area contributed by atoms with Gasteiger partial charge < -0.3 is 9.79 Å². The SMILES string of the molecule is CC1CCC(CC(F)(F)C(F)(F)C(F)(F)C(F)F)C(C)(CC(F)(F)C(F)(F)C(F)(F)C(F)F)N1P(=O)(O)O. The number of piperidine rings is 1. The molecule has 3 atom stereocenters. The molecule has 21 heteroatoms. The summed E-state index contributed by atoms with van der Waals surface area (Å²) in [5.41, 5.74) is -3.68. The van der Waals surface area contributed by atoms with E-state index in [0.29, 0.717) is 0 Å². The van der Waals surface area contributed by atoms with Crippen LogP contribution in [0.3, 0.4) is 0 Å². The Morgan fingerprint density at radius 3 is 1.50 bits per heavy atom. The second-order valence-electron chi connectivity index (χ2n) is 9.12. The Labute approximate surface area is 203 Å². The predicted molar refractivity (Wildman–Crippen MR) is 95.4 cm³/mol. The quantitative estimate of drug-likeness (QED) is 0.192. The lowest BCUT2D eigenvalue weighted by atomic mass is 9.70. The lowest BCUT2D eigenvalue weighted by molar-refractivity contribution is -0.350. The fourth-order valence-corrected chi connectivity index (χ4v) is 5.89. The number of alkyl halides is 16. The second kappa shape index (κ2) is 10.1. The zero-order valence-corrected chi connectivity index (χ0v) is 19.8. The number of hydrogen-bond donors (Lipinski definition) is 2. The molecule has 0 amide bonds. The van der Waals surface area contributed by atoms with Crippen LogP contribution in [0.1, 0.15) is 39.5 Å². The first-order valence-electron chi connectivity index (χ1n) is 10.1. The lowest BCUT2D eigenvalue weighted by Crippen LogP contribution is -2.66. The van der Waals surface area contributed by atoms with E-state index in [1.165, 1.54) is 0 Å². The van der Waals surface area contributed by atoms with Crippen molar-refractivity contribution in [1.82, 2.24) is 4.67 Å². The summed E-state index contributed by atoms with van der Waals surface area (Å²) in [5.74, 6) is -43.1. The zero-order valence-electron chi connectivity index (χ0n) is 18.9. The molecule has 1 fully saturated rings. The van der Waals surface area contributed by atoms with Gasteiger partial charge in [0.05, 0.1) is 0 Å². The molecule has 1 rings (SSSR count). The molecule has 4 nitrogen and oxygen atoms in total. The first-order chi connectivity index (χ1) is 16.4. The molecule has 0 spiro atoms. The Morgan fingerprint density at radius 2 is 1.16 bits per heavy atom. The molecule has 1 saturated heterocycles. The van der Waals surface area contributed by atoms with Gasteiger partial charge in [0.25, 0.3) is 0 Å². The highest BCUT2D eigenvalue weighted by atomic mass is 31.2. The van der Waals surface area contributed by atoms with Gasteiger partial charge in [-0.25, -0.2) is 22.1 Å². The van der Waals surface area contributed by atoms with E-state index in [-0.39, 0.29) is 6.92 Å². The molecule has 0 aliphatic carbocycles. The van der Waals surface area contributed by atoms with Crippen molar-refractivity contribution in [2.75, 3.05) is 0 Å². The summed E-state index contributed by atoms with van der Waals surface area (Å²) in [5, 5.41) is 0. The van der Waals surface area contributed by atoms with Crippen molar-refractivity contribution in [3.05, 3.63) is 0 Å². The van der Waals surface area contributed by atoms with E-state index in [0.717, 1.165) is 6.92 Å². The van der Waals surface area contributed by atoms with E-state index in [1.54, 1.807) is 0 Å². The van der Waals surface area contributed by atoms with E-state index in [4.69, 9.17) is 0 Å². The Hall–Kier alpha value is -1.01. The van der Waals surface area contributed by atoms with Crippen molar-refractivity contribution >= 4 is 7.75 Å². The van der Waals surface area contributed by atoms with Crippen LogP contribution in [0.15, 0.2) is 0 Å². The molecule has 0 aromatic carbocycles. The van der Waals surface area contributed by atoms with E-state index in [9.17, 15) is 84.6 Å². The Kier molecular flexibility index (Phi) is 9.32. The van der Waals surface area contributed by atoms with E-state index in [2.05, 4.69) is 0 Å². The molecule has 3 unspecified atom stereocenters. The fourth-order valence-electron chi connectivity index (χ4n) is 4.43. The largest absolute Gasteiger partial charge is 0.403 e. The van der Waals surface area contributed by atoms with Crippen LogP contribution >= 0.6 is 7.75 Å². The highest BCUT2D eigenvalue weighted by molar-refractivity contribution is 7.49. The van der Waals surface area contributed by atoms with Gasteiger partial charge in [-0.2, -0.15) is 57.4 Å². The molecule has 0 saturated carbocycles. The van der Waals surface area contributed by atoms with Crippen LogP contribution in [-0.4, -0.2) is 74.4 Å². The van der Waals surface area contributed by atoms with E-state index in [1.807, 2.05) is 0 Å². The normalized spacial score (nSPS) is 25.9. The summed E-state index contributed by atoms with van der Waals surface area (Å²) < 4.78 is 227. The lowest BCUT2D eigenvalue weighted by Gasteiger charge is -2.55. The summed E-state index contributed by atoms with van der Waals surface area (Å²) in [6.45, 7) is 0.783. The third-order valence-electron chi connectivity index (χ3n) is 6.42. The third-order valence-corrected chi connectivity index (χ3v) is 7.83. The first kappa shape index (κ1) is 35.0. The van der Waals surface area contributed by atoms with Crippen LogP contribution in [0.25, 0.3) is 0 Å². The molecule has 1 aliphatic rings. The number of rotatable bonds is 11. The van der Waals surface area contributed by atoms with Crippen LogP contribution in [0.4, 0.5) is 70.2 Å². The maximum Gasteiger partial charge on any atom is 0.403 e. The summed E-state index contributed by atoms with van der Waals surface area (Å²) in [7, 11) is -6.09. The monoisotopic (exact) mass is 621 g/mol. The van der Waals surface area contributed by atoms with Gasteiger partial charge in [-0.05, 0) is 32.6 Å². The molecule has 38 heavy (non-hydrogen) atoms. The molecule has 0 aromatic rings. The minimum Gasteiger partial charge on any atom is -0.312 e. The Balaban J connectivity index is 3.76. The maximum absolute atomic E-state index is 14.5. The zero-order chi connectivity index (χ0) is 30.7. The molecular weight excluding hydrogens is 601 g/mol. The van der Waals surface area contributed by atoms with Gasteiger partial charge in [-0.1, -0.05) is 0 Å². The fraction of sp³-hybridized carbons (Fsp3) is 1.00. The van der Waals surface area contributed by atoms with Crippen molar-refractivity contribution in [3.63, 3.8) is 0 Å². The van der Waals surface area contributed by atoms with Gasteiger partial charge >= 0.3 is 56.1 Å². The first-order valence-corrected chi connectivity index (χ1v) is 11.7. The van der Waals surface area contributed by atoms with E-state index >= 15 is 0 Å². The van der Waals surface area contributed by atoms with Gasteiger partial charge in [-0.3, -0.25) is 0 Å². The van der Waals surface area contributed by atoms with Crippen molar-refractivity contribution in [3.8, 4) is 0 Å². The van der Waals surface area contributed by atoms with Gasteiger partial charge in [-0.15, -0.1) is 0 Å². The second-order valence-corrected chi connectivity index (χ2v) is 10.6. The molecule has 2 N–H and O–H groups in total. The van der Waals surface area contributed by atoms with Crippen molar-refractivity contribution < 1.29 is 84.6 Å². The predicted octanol–water partition coefficient (Wildman–Crippen LogP) is 7.06. The molecule has 1 aliphatic heterocycles. The summed E-state index contributed by atoms with van der Waals surface area (Å²) in [6.07, 6.45) is -18.8. The van der Waals surface area contributed by atoms with Gasteiger partial charge in [0.2, 0.25) is 0 Å². The van der Waals surface area contributed by atoms with Crippen molar-refractivity contribution in [2.24, 2.45) is 5.92 Å². The van der Waals surface area contributed by atoms with Crippen molar-refractivity contribution in [1.29, 1.82) is 0 Å². The van der Waals surface area contributed by atoms with Crippen LogP contribution in [0.2, 0.25) is 0 Å². The Bertz CT molecular complexity index is 894. The van der Waals surface area contributed by atoms with Crippen LogP contribution < -0.4 is 0 Å². The van der Waals surface area contributed by atoms with Crippen LogP contribution in [0, 0.1) is 5.92 Å². The van der Waals surface area contributed by atoms with Gasteiger partial charge in [0.1, 0.15) is 0 Å². The van der Waals surface area contributed by atoms with Gasteiger partial charge in [0.15, 0.2) is 0 Å². The molecule has 1 heterocycles. The minimum absolute atomic E-state index is 0.0242. The van der Waals surface area contributed by atoms with Crippen LogP contribution in [0.5, 0.6) is 0 Å². The average molecular weight is 621 g/mol. The van der Waals surface area contributed by atoms with Gasteiger partial charge in [0, 0.05) is 24.4 Å². The van der Waals surface area contributed by atoms with Crippen LogP contribution in [-0.2, 0) is 4.57 Å². The molecular formula is C17H20F16NO3P. The summed E-state index contributed by atoms with van der Waals surface area (Å²) in [6, 6.07) is -1.77. The highest BCUT2D eigenvalue weighted by Gasteiger charge is 2.78. The van der Waals surface area contributed by atoms with E-state index < -0.39 is 104 Å². The Morgan fingerprint density at radius 1 is 0.789 bits per heavy atom. The number of nitrogens with zero attached hydrogens (tertiary/aromatic N) is 1. The molecule has 0 radical (unpaired) electrons. The topological polar surface area (TPSA) is 60.8 Å². The number of halogens is 16. The molecule has 228 valence electrons. The average Bonchev–Trinajstić information content (AvgIpc) is 2.67. The molecule has 0 bridgehead atoms. The summed E-state index contributed by atoms with van der Waals surface area (Å²) >= 11 is 0. The third kappa shape index (κ3) is 5.60. The smallest absolute Gasteiger partial charge is 0.312 e. The summed E-state index contributed by atoms with van der Waals surface area (Å²) in [4.78, 5) is 19.1.